The normalized spacial score (nSPS) is 15.9. The summed E-state index contributed by atoms with van der Waals surface area (Å²) in [4.78, 5) is 29.1. The molecule has 0 fully saturated rings. The second kappa shape index (κ2) is 5.87. The molecule has 1 atom stereocenters. The van der Waals surface area contributed by atoms with Gasteiger partial charge >= 0.3 is 5.97 Å². The summed E-state index contributed by atoms with van der Waals surface area (Å²) >= 11 is 0. The minimum atomic E-state index is -0.961. The van der Waals surface area contributed by atoms with Crippen LogP contribution in [-0.4, -0.2) is 40.2 Å². The van der Waals surface area contributed by atoms with Crippen molar-refractivity contribution >= 4 is 29.1 Å². The van der Waals surface area contributed by atoms with Gasteiger partial charge in [-0.3, -0.25) is 9.78 Å². The predicted molar refractivity (Wildman–Crippen MR) is 87.1 cm³/mol. The van der Waals surface area contributed by atoms with Gasteiger partial charge in [-0.1, -0.05) is 0 Å². The number of aromatic nitrogens is 2. The largest absolute Gasteiger partial charge is 0.478 e. The Bertz CT molecular complexity index is 786. The van der Waals surface area contributed by atoms with E-state index in [1.165, 1.54) is 12.1 Å². The SMILES string of the molecule is Nc1nc2c(c(=O)[nH]1)NC(CNc1ccc(C(=O)O)cc1)CN2. The number of fused-ring (bicyclic) bond motifs is 1. The highest BCUT2D eigenvalue weighted by atomic mass is 16.4. The molecule has 9 nitrogen and oxygen atoms in total. The molecule has 0 saturated carbocycles. The molecule has 3 rings (SSSR count). The van der Waals surface area contributed by atoms with Gasteiger partial charge in [0.2, 0.25) is 5.95 Å². The predicted octanol–water partition coefficient (Wildman–Crippen LogP) is 0.368. The van der Waals surface area contributed by atoms with Gasteiger partial charge in [0.15, 0.2) is 5.82 Å². The molecule has 1 aromatic heterocycles. The molecular formula is C14H16N6O3. The first kappa shape index (κ1) is 14.7. The number of anilines is 4. The number of nitrogen functional groups attached to an aromatic ring is 1. The first-order valence-electron chi connectivity index (χ1n) is 7.00. The number of H-pyrrole nitrogens is 1. The first-order chi connectivity index (χ1) is 11.0. The zero-order valence-electron chi connectivity index (χ0n) is 12.1. The highest BCUT2D eigenvalue weighted by Gasteiger charge is 2.21. The van der Waals surface area contributed by atoms with E-state index in [2.05, 4.69) is 25.9 Å². The highest BCUT2D eigenvalue weighted by Crippen LogP contribution is 2.20. The highest BCUT2D eigenvalue weighted by molar-refractivity contribution is 5.88. The van der Waals surface area contributed by atoms with Crippen LogP contribution >= 0.6 is 0 Å². The minimum Gasteiger partial charge on any atom is -0.478 e. The molecule has 2 aromatic rings. The van der Waals surface area contributed by atoms with Crippen LogP contribution in [0.25, 0.3) is 0 Å². The summed E-state index contributed by atoms with van der Waals surface area (Å²) in [7, 11) is 0. The average Bonchev–Trinajstić information content (AvgIpc) is 2.53. The summed E-state index contributed by atoms with van der Waals surface area (Å²) in [5, 5.41) is 18.2. The van der Waals surface area contributed by atoms with E-state index < -0.39 is 5.97 Å². The number of carboxylic acids is 1. The zero-order chi connectivity index (χ0) is 16.4. The van der Waals surface area contributed by atoms with Gasteiger partial charge in [-0.2, -0.15) is 4.98 Å². The van der Waals surface area contributed by atoms with Crippen molar-refractivity contribution in [3.63, 3.8) is 0 Å². The number of carbonyl (C=O) groups is 1. The zero-order valence-corrected chi connectivity index (χ0v) is 12.1. The van der Waals surface area contributed by atoms with Gasteiger partial charge in [-0.05, 0) is 24.3 Å². The summed E-state index contributed by atoms with van der Waals surface area (Å²) < 4.78 is 0. The van der Waals surface area contributed by atoms with E-state index in [4.69, 9.17) is 10.8 Å². The molecule has 0 saturated heterocycles. The van der Waals surface area contributed by atoms with Gasteiger partial charge in [-0.15, -0.1) is 0 Å². The lowest BCUT2D eigenvalue weighted by molar-refractivity contribution is 0.0697. The van der Waals surface area contributed by atoms with Crippen molar-refractivity contribution in [3.8, 4) is 0 Å². The Labute approximate surface area is 130 Å². The molecule has 23 heavy (non-hydrogen) atoms. The topological polar surface area (TPSA) is 145 Å². The lowest BCUT2D eigenvalue weighted by Gasteiger charge is -2.27. The quantitative estimate of drug-likeness (QED) is 0.474. The van der Waals surface area contributed by atoms with Gasteiger partial charge in [-0.25, -0.2) is 4.79 Å². The lowest BCUT2D eigenvalue weighted by atomic mass is 10.2. The number of benzene rings is 1. The van der Waals surface area contributed by atoms with Crippen molar-refractivity contribution < 1.29 is 9.90 Å². The summed E-state index contributed by atoms with van der Waals surface area (Å²) in [6, 6.07) is 6.42. The smallest absolute Gasteiger partial charge is 0.335 e. The summed E-state index contributed by atoms with van der Waals surface area (Å²) in [5.41, 5.74) is 6.56. The number of nitrogens with two attached hydrogens (primary N) is 1. The van der Waals surface area contributed by atoms with E-state index in [1.807, 2.05) is 0 Å². The van der Waals surface area contributed by atoms with Gasteiger partial charge in [0.1, 0.15) is 5.69 Å². The average molecular weight is 316 g/mol. The van der Waals surface area contributed by atoms with Crippen LogP contribution in [0.4, 0.5) is 23.1 Å². The van der Waals surface area contributed by atoms with E-state index in [9.17, 15) is 9.59 Å². The van der Waals surface area contributed by atoms with Crippen LogP contribution in [0.1, 0.15) is 10.4 Å². The van der Waals surface area contributed by atoms with Crippen molar-refractivity contribution in [2.24, 2.45) is 0 Å². The second-order valence-electron chi connectivity index (χ2n) is 5.16. The number of nitrogens with one attached hydrogen (secondary N) is 4. The van der Waals surface area contributed by atoms with Gasteiger partial charge in [0, 0.05) is 18.8 Å². The van der Waals surface area contributed by atoms with Crippen molar-refractivity contribution in [2.45, 2.75) is 6.04 Å². The number of hydrogen-bond donors (Lipinski definition) is 6. The van der Waals surface area contributed by atoms with Gasteiger partial charge < -0.3 is 26.8 Å². The molecular weight excluding hydrogens is 300 g/mol. The second-order valence-corrected chi connectivity index (χ2v) is 5.16. The van der Waals surface area contributed by atoms with Crippen LogP contribution in [-0.2, 0) is 0 Å². The van der Waals surface area contributed by atoms with Gasteiger partial charge in [0.05, 0.1) is 11.6 Å². The fourth-order valence-corrected chi connectivity index (χ4v) is 2.32. The Balaban J connectivity index is 1.64. The van der Waals surface area contributed by atoms with Crippen LogP contribution < -0.4 is 27.2 Å². The number of rotatable bonds is 4. The fraction of sp³-hybridized carbons (Fsp3) is 0.214. The molecule has 1 aliphatic rings. The Kier molecular flexibility index (Phi) is 3.75. The van der Waals surface area contributed by atoms with E-state index in [-0.39, 0.29) is 23.1 Å². The molecule has 0 radical (unpaired) electrons. The van der Waals surface area contributed by atoms with Crippen LogP contribution in [0.5, 0.6) is 0 Å². The van der Waals surface area contributed by atoms with Crippen molar-refractivity contribution in [1.82, 2.24) is 9.97 Å². The number of carboxylic acid groups (broad SMARTS) is 1. The number of aromatic carboxylic acids is 1. The molecule has 1 aliphatic heterocycles. The summed E-state index contributed by atoms with van der Waals surface area (Å²) in [6.07, 6.45) is 0. The molecule has 0 aliphatic carbocycles. The van der Waals surface area contributed by atoms with Crippen molar-refractivity contribution in [1.29, 1.82) is 0 Å². The summed E-state index contributed by atoms with van der Waals surface area (Å²) in [5.74, 6) is -0.455. The third kappa shape index (κ3) is 3.18. The monoisotopic (exact) mass is 316 g/mol. The van der Waals surface area contributed by atoms with E-state index in [0.29, 0.717) is 24.6 Å². The lowest BCUT2D eigenvalue weighted by Crippen LogP contribution is -2.41. The van der Waals surface area contributed by atoms with Crippen LogP contribution in [0.15, 0.2) is 29.1 Å². The molecule has 7 N–H and O–H groups in total. The fourth-order valence-electron chi connectivity index (χ4n) is 2.32. The Morgan fingerprint density at radius 1 is 1.39 bits per heavy atom. The summed E-state index contributed by atoms with van der Waals surface area (Å²) in [6.45, 7) is 1.12. The molecule has 2 heterocycles. The maximum absolute atomic E-state index is 11.9. The number of hydrogen-bond acceptors (Lipinski definition) is 7. The number of nitrogens with zero attached hydrogens (tertiary/aromatic N) is 1. The van der Waals surface area contributed by atoms with Crippen LogP contribution in [0, 0.1) is 0 Å². The van der Waals surface area contributed by atoms with Gasteiger partial charge in [0.25, 0.3) is 5.56 Å². The Hall–Kier alpha value is -3.23. The minimum absolute atomic E-state index is 0.0341. The van der Waals surface area contributed by atoms with Crippen LogP contribution in [0.3, 0.4) is 0 Å². The third-order valence-corrected chi connectivity index (χ3v) is 3.49. The van der Waals surface area contributed by atoms with E-state index in [0.717, 1.165) is 5.69 Å². The van der Waals surface area contributed by atoms with Crippen molar-refractivity contribution in [2.75, 3.05) is 34.8 Å². The van der Waals surface area contributed by atoms with E-state index in [1.54, 1.807) is 12.1 Å². The number of aromatic amines is 1. The first-order valence-corrected chi connectivity index (χ1v) is 7.00. The maximum Gasteiger partial charge on any atom is 0.335 e. The van der Waals surface area contributed by atoms with E-state index >= 15 is 0 Å². The molecule has 120 valence electrons. The molecule has 1 unspecified atom stereocenters. The third-order valence-electron chi connectivity index (χ3n) is 3.49. The van der Waals surface area contributed by atoms with Crippen LogP contribution in [0.2, 0.25) is 0 Å². The molecule has 9 heteroatoms. The standard InChI is InChI=1S/C14H16N6O3/c15-14-19-11-10(12(21)20-14)18-9(6-17-11)5-16-8-3-1-7(2-4-8)13(22)23/h1-4,9,16,18H,5-6H2,(H,22,23)(H4,15,17,19,20,21). The molecule has 1 aromatic carbocycles. The van der Waals surface area contributed by atoms with Crippen molar-refractivity contribution in [3.05, 3.63) is 40.2 Å². The molecule has 0 amide bonds. The molecule has 0 bridgehead atoms. The Morgan fingerprint density at radius 2 is 2.13 bits per heavy atom. The molecule has 0 spiro atoms. The Morgan fingerprint density at radius 3 is 2.83 bits per heavy atom. The maximum atomic E-state index is 11.9.